The van der Waals surface area contributed by atoms with Gasteiger partial charge in [-0.15, -0.1) is 0 Å². The molecule has 0 unspecified atom stereocenters. The maximum atomic E-state index is 10.6. The highest BCUT2D eigenvalue weighted by atomic mass is 16.4. The zero-order valence-electron chi connectivity index (χ0n) is 20.6. The standard InChI is InChI=1S/C10H12O3.C9H6O6.C8H6O4/c11-9-6-4-8(5-7-9)2-1-3-10(12)13;10-7(11)4-1-2-5(8(12)13)6(3-4)9(14)15;9-7(10)5-1-2-6(4-3-5)8(11)12/h4-7,11H,1-3H2,(H,12,13);1-3H,(H,10,11)(H,12,13)(H,14,15);1-4H,(H,9,10)(H,11,12). The normalized spacial score (nSPS) is 9.60. The van der Waals surface area contributed by atoms with Crippen LogP contribution < -0.4 is 0 Å². The number of aromatic carboxylic acids is 5. The van der Waals surface area contributed by atoms with E-state index in [0.29, 0.717) is 6.42 Å². The van der Waals surface area contributed by atoms with Crippen molar-refractivity contribution >= 4 is 35.8 Å². The average molecular weight is 556 g/mol. The first-order chi connectivity index (χ1) is 18.7. The second-order valence-corrected chi connectivity index (χ2v) is 7.78. The number of benzene rings is 3. The summed E-state index contributed by atoms with van der Waals surface area (Å²) in [5, 5.41) is 60.2. The number of rotatable bonds is 9. The summed E-state index contributed by atoms with van der Waals surface area (Å²) in [5.74, 6) is -6.85. The Morgan fingerprint density at radius 2 is 0.925 bits per heavy atom. The molecule has 3 aromatic carbocycles. The van der Waals surface area contributed by atoms with Gasteiger partial charge in [0.05, 0.1) is 27.8 Å². The van der Waals surface area contributed by atoms with Crippen LogP contribution in [0.25, 0.3) is 0 Å². The fourth-order valence-electron chi connectivity index (χ4n) is 2.90. The molecular weight excluding hydrogens is 532 g/mol. The Labute approximate surface area is 225 Å². The SMILES string of the molecule is O=C(O)CCCc1ccc(O)cc1.O=C(O)c1ccc(C(=O)O)c(C(=O)O)c1.O=C(O)c1ccc(C(=O)O)cc1. The van der Waals surface area contributed by atoms with Crippen molar-refractivity contribution in [3.63, 3.8) is 0 Å². The van der Waals surface area contributed by atoms with Crippen LogP contribution in [-0.2, 0) is 11.2 Å². The topological polar surface area (TPSA) is 244 Å². The van der Waals surface area contributed by atoms with Gasteiger partial charge in [-0.3, -0.25) is 4.79 Å². The summed E-state index contributed by atoms with van der Waals surface area (Å²) in [6, 6.07) is 14.7. The third-order valence-corrected chi connectivity index (χ3v) is 4.90. The molecule has 0 saturated carbocycles. The molecule has 13 heteroatoms. The van der Waals surface area contributed by atoms with Gasteiger partial charge in [0.15, 0.2) is 0 Å². The molecule has 0 heterocycles. The first kappa shape index (κ1) is 32.3. The van der Waals surface area contributed by atoms with Crippen LogP contribution in [-0.4, -0.2) is 71.6 Å². The lowest BCUT2D eigenvalue weighted by Gasteiger charge is -2.02. The van der Waals surface area contributed by atoms with Crippen molar-refractivity contribution in [3.05, 3.63) is 100 Å². The van der Waals surface area contributed by atoms with Crippen molar-refractivity contribution < 1.29 is 64.5 Å². The smallest absolute Gasteiger partial charge is 0.336 e. The van der Waals surface area contributed by atoms with Crippen molar-refractivity contribution in [2.75, 3.05) is 0 Å². The fraction of sp³-hybridized carbons (Fsp3) is 0.111. The number of aryl methyl sites for hydroxylation is 1. The van der Waals surface area contributed by atoms with Gasteiger partial charge in [-0.25, -0.2) is 24.0 Å². The Morgan fingerprint density at radius 1 is 0.500 bits per heavy atom. The molecule has 0 aliphatic carbocycles. The van der Waals surface area contributed by atoms with Crippen molar-refractivity contribution in [3.8, 4) is 5.75 Å². The summed E-state index contributed by atoms with van der Waals surface area (Å²) >= 11 is 0. The highest BCUT2D eigenvalue weighted by molar-refractivity contribution is 6.03. The van der Waals surface area contributed by atoms with Gasteiger partial charge in [-0.1, -0.05) is 12.1 Å². The third-order valence-electron chi connectivity index (χ3n) is 4.90. The molecule has 210 valence electrons. The molecule has 0 amide bonds. The summed E-state index contributed by atoms with van der Waals surface area (Å²) in [5.41, 5.74) is -0.0219. The largest absolute Gasteiger partial charge is 0.508 e. The quantitative estimate of drug-likeness (QED) is 0.199. The van der Waals surface area contributed by atoms with E-state index in [2.05, 4.69) is 0 Å². The molecule has 7 N–H and O–H groups in total. The molecule has 0 saturated heterocycles. The van der Waals surface area contributed by atoms with Crippen LogP contribution in [0.3, 0.4) is 0 Å². The predicted octanol–water partition coefficient (Wildman–Crippen LogP) is 3.66. The van der Waals surface area contributed by atoms with Crippen LogP contribution in [0.2, 0.25) is 0 Å². The molecule has 0 aromatic heterocycles. The molecule has 0 fully saturated rings. The van der Waals surface area contributed by atoms with Crippen LogP contribution in [0.1, 0.15) is 70.2 Å². The van der Waals surface area contributed by atoms with E-state index in [0.717, 1.165) is 30.2 Å². The van der Waals surface area contributed by atoms with Gasteiger partial charge in [0, 0.05) is 6.42 Å². The third kappa shape index (κ3) is 11.1. The van der Waals surface area contributed by atoms with Gasteiger partial charge >= 0.3 is 35.8 Å². The Hall–Kier alpha value is -5.72. The molecule has 13 nitrogen and oxygen atoms in total. The van der Waals surface area contributed by atoms with E-state index in [1.165, 1.54) is 24.3 Å². The first-order valence-corrected chi connectivity index (χ1v) is 11.1. The van der Waals surface area contributed by atoms with E-state index in [9.17, 15) is 28.8 Å². The first-order valence-electron chi connectivity index (χ1n) is 11.1. The van der Waals surface area contributed by atoms with Crippen LogP contribution in [0, 0.1) is 0 Å². The maximum Gasteiger partial charge on any atom is 0.336 e. The molecule has 0 spiro atoms. The molecule has 0 aliphatic heterocycles. The summed E-state index contributed by atoms with van der Waals surface area (Å²) < 4.78 is 0. The van der Waals surface area contributed by atoms with E-state index in [4.69, 9.17) is 35.7 Å². The lowest BCUT2D eigenvalue weighted by Crippen LogP contribution is -2.10. The van der Waals surface area contributed by atoms with Crippen LogP contribution in [0.15, 0.2) is 66.7 Å². The van der Waals surface area contributed by atoms with Gasteiger partial charge < -0.3 is 35.7 Å². The number of aromatic hydroxyl groups is 1. The average Bonchev–Trinajstić information content (AvgIpc) is 2.90. The van der Waals surface area contributed by atoms with Gasteiger partial charge in [-0.2, -0.15) is 0 Å². The van der Waals surface area contributed by atoms with Crippen LogP contribution in [0.5, 0.6) is 5.75 Å². The van der Waals surface area contributed by atoms with Crippen LogP contribution >= 0.6 is 0 Å². The highest BCUT2D eigenvalue weighted by Crippen LogP contribution is 2.13. The minimum absolute atomic E-state index is 0.0833. The van der Waals surface area contributed by atoms with Crippen molar-refractivity contribution in [1.82, 2.24) is 0 Å². The molecule has 0 radical (unpaired) electrons. The minimum Gasteiger partial charge on any atom is -0.508 e. The fourth-order valence-corrected chi connectivity index (χ4v) is 2.90. The molecule has 40 heavy (non-hydrogen) atoms. The van der Waals surface area contributed by atoms with Gasteiger partial charge in [0.2, 0.25) is 0 Å². The molecule has 0 atom stereocenters. The predicted molar refractivity (Wildman–Crippen MR) is 136 cm³/mol. The van der Waals surface area contributed by atoms with Gasteiger partial charge in [0.1, 0.15) is 5.75 Å². The Bertz CT molecular complexity index is 1340. The maximum absolute atomic E-state index is 10.6. The van der Waals surface area contributed by atoms with E-state index in [-0.39, 0.29) is 28.9 Å². The Kier molecular flexibility index (Phi) is 12.5. The van der Waals surface area contributed by atoms with Gasteiger partial charge in [0.25, 0.3) is 0 Å². The minimum atomic E-state index is -1.48. The van der Waals surface area contributed by atoms with Crippen LogP contribution in [0.4, 0.5) is 0 Å². The second-order valence-electron chi connectivity index (χ2n) is 7.78. The summed E-state index contributed by atoms with van der Waals surface area (Å²) in [4.78, 5) is 62.6. The lowest BCUT2D eigenvalue weighted by atomic mass is 10.0. The van der Waals surface area contributed by atoms with E-state index >= 15 is 0 Å². The number of aliphatic carboxylic acids is 1. The number of carboxylic acids is 6. The lowest BCUT2D eigenvalue weighted by molar-refractivity contribution is -0.137. The number of carboxylic acid groups (broad SMARTS) is 6. The highest BCUT2D eigenvalue weighted by Gasteiger charge is 2.18. The molecule has 0 aliphatic rings. The van der Waals surface area contributed by atoms with Crippen molar-refractivity contribution in [1.29, 1.82) is 0 Å². The number of carbonyl (C=O) groups is 6. The van der Waals surface area contributed by atoms with E-state index < -0.39 is 46.9 Å². The summed E-state index contributed by atoms with van der Waals surface area (Å²) in [6.07, 6.45) is 1.58. The summed E-state index contributed by atoms with van der Waals surface area (Å²) in [6.45, 7) is 0. The monoisotopic (exact) mass is 556 g/mol. The van der Waals surface area contributed by atoms with E-state index in [1.54, 1.807) is 24.3 Å². The zero-order chi connectivity index (χ0) is 30.4. The Morgan fingerprint density at radius 3 is 1.30 bits per heavy atom. The van der Waals surface area contributed by atoms with E-state index in [1.807, 2.05) is 0 Å². The molecule has 0 bridgehead atoms. The molecular formula is C27H24O13. The molecule has 3 aromatic rings. The zero-order valence-corrected chi connectivity index (χ0v) is 20.6. The van der Waals surface area contributed by atoms with Crippen molar-refractivity contribution in [2.24, 2.45) is 0 Å². The second kappa shape index (κ2) is 15.5. The number of hydrogen-bond donors (Lipinski definition) is 7. The number of phenolic OH excluding ortho intramolecular Hbond substituents is 1. The number of phenols is 1. The Balaban J connectivity index is 0.000000302. The van der Waals surface area contributed by atoms with Crippen molar-refractivity contribution in [2.45, 2.75) is 19.3 Å². The van der Waals surface area contributed by atoms with Gasteiger partial charge in [-0.05, 0) is 73.0 Å². The summed E-state index contributed by atoms with van der Waals surface area (Å²) in [7, 11) is 0. The molecule has 3 rings (SSSR count). The number of hydrogen-bond acceptors (Lipinski definition) is 7.